The van der Waals surface area contributed by atoms with Crippen LogP contribution in [0.15, 0.2) is 47.1 Å². The van der Waals surface area contributed by atoms with Gasteiger partial charge in [-0.2, -0.15) is 0 Å². The molecule has 1 fully saturated rings. The molecule has 2 aliphatic rings. The molecule has 3 heterocycles. The minimum atomic E-state index is -0.196. The van der Waals surface area contributed by atoms with E-state index >= 15 is 0 Å². The Morgan fingerprint density at radius 1 is 1.12 bits per heavy atom. The average molecular weight is 470 g/mol. The molecular formula is C25H28ClN3O2S. The number of thiophene rings is 1. The number of benzene rings is 1. The minimum Gasteiger partial charge on any atom is -0.459 e. The molecule has 0 bridgehead atoms. The molecule has 0 spiro atoms. The van der Waals surface area contributed by atoms with Gasteiger partial charge in [0.1, 0.15) is 5.00 Å². The van der Waals surface area contributed by atoms with E-state index in [0.29, 0.717) is 5.76 Å². The van der Waals surface area contributed by atoms with Crippen LogP contribution in [0, 0.1) is 0 Å². The van der Waals surface area contributed by atoms with Crippen LogP contribution in [0.3, 0.4) is 0 Å². The van der Waals surface area contributed by atoms with Gasteiger partial charge in [-0.05, 0) is 68.1 Å². The highest BCUT2D eigenvalue weighted by atomic mass is 35.5. The van der Waals surface area contributed by atoms with Gasteiger partial charge in [-0.15, -0.1) is 11.3 Å². The number of nitrogens with one attached hydrogen (secondary N) is 1. The number of carbonyl (C=O) groups excluding carboxylic acids is 1. The Balaban J connectivity index is 1.61. The quantitative estimate of drug-likeness (QED) is 0.538. The van der Waals surface area contributed by atoms with Crippen molar-refractivity contribution in [2.24, 2.45) is 0 Å². The molecule has 168 valence electrons. The largest absolute Gasteiger partial charge is 0.459 e. The highest BCUT2D eigenvalue weighted by molar-refractivity contribution is 7.16. The van der Waals surface area contributed by atoms with Crippen molar-refractivity contribution < 1.29 is 9.21 Å². The molecule has 1 atom stereocenters. The van der Waals surface area contributed by atoms with E-state index in [0.717, 1.165) is 49.0 Å². The number of rotatable bonds is 5. The lowest BCUT2D eigenvalue weighted by Crippen LogP contribution is -2.46. The van der Waals surface area contributed by atoms with Crippen LogP contribution in [-0.4, -0.2) is 48.9 Å². The summed E-state index contributed by atoms with van der Waals surface area (Å²) in [6, 6.07) is 11.7. The van der Waals surface area contributed by atoms with Gasteiger partial charge in [0.05, 0.1) is 12.3 Å². The number of furan rings is 1. The molecule has 0 radical (unpaired) electrons. The number of anilines is 1. The van der Waals surface area contributed by atoms with Gasteiger partial charge < -0.3 is 14.6 Å². The summed E-state index contributed by atoms with van der Waals surface area (Å²) < 4.78 is 5.36. The lowest BCUT2D eigenvalue weighted by Gasteiger charge is -2.39. The van der Waals surface area contributed by atoms with Gasteiger partial charge in [0.25, 0.3) is 5.91 Å². The maximum Gasteiger partial charge on any atom is 0.291 e. The van der Waals surface area contributed by atoms with Gasteiger partial charge in [0, 0.05) is 41.6 Å². The highest BCUT2D eigenvalue weighted by Crippen LogP contribution is 2.46. The predicted octanol–water partition coefficient (Wildman–Crippen LogP) is 5.46. The Labute approximate surface area is 198 Å². The first-order chi connectivity index (χ1) is 15.6. The third-order valence-corrected chi connectivity index (χ3v) is 7.98. The summed E-state index contributed by atoms with van der Waals surface area (Å²) in [5.41, 5.74) is 3.85. The number of likely N-dealkylation sites (N-methyl/N-ethyl adjacent to an activating group) is 1. The number of halogens is 1. The monoisotopic (exact) mass is 469 g/mol. The number of aryl methyl sites for hydroxylation is 1. The molecule has 1 N–H and O–H groups in total. The van der Waals surface area contributed by atoms with Crippen LogP contribution in [0.5, 0.6) is 0 Å². The van der Waals surface area contributed by atoms with Crippen LogP contribution in [0.2, 0.25) is 5.02 Å². The number of hydrogen-bond acceptors (Lipinski definition) is 5. The zero-order valence-electron chi connectivity index (χ0n) is 18.3. The molecule has 1 aliphatic heterocycles. The summed E-state index contributed by atoms with van der Waals surface area (Å²) in [6.07, 6.45) is 6.06. The van der Waals surface area contributed by atoms with Crippen LogP contribution in [-0.2, 0) is 12.8 Å². The number of carbonyl (C=O) groups is 1. The van der Waals surface area contributed by atoms with Crippen molar-refractivity contribution in [1.82, 2.24) is 9.80 Å². The summed E-state index contributed by atoms with van der Waals surface area (Å²) in [7, 11) is 2.17. The van der Waals surface area contributed by atoms with Crippen molar-refractivity contribution >= 4 is 33.8 Å². The van der Waals surface area contributed by atoms with Gasteiger partial charge in [0.15, 0.2) is 5.76 Å². The number of hydrogen-bond donors (Lipinski definition) is 1. The number of nitrogens with zero attached hydrogens (tertiary/aromatic N) is 2. The third kappa shape index (κ3) is 4.37. The number of fused-ring (bicyclic) bond motifs is 1. The average Bonchev–Trinajstić information content (AvgIpc) is 3.44. The Hall–Kier alpha value is -2.12. The molecule has 1 saturated heterocycles. The molecule has 2 aromatic heterocycles. The van der Waals surface area contributed by atoms with Crippen LogP contribution < -0.4 is 5.32 Å². The third-order valence-electron chi connectivity index (χ3n) is 6.53. The second-order valence-corrected chi connectivity index (χ2v) is 10.2. The lowest BCUT2D eigenvalue weighted by atomic mass is 9.88. The molecule has 32 heavy (non-hydrogen) atoms. The fraction of sp³-hybridized carbons (Fsp3) is 0.400. The Morgan fingerprint density at radius 3 is 2.69 bits per heavy atom. The second kappa shape index (κ2) is 9.40. The van der Waals surface area contributed by atoms with Crippen LogP contribution in [0.1, 0.15) is 51.0 Å². The Kier molecular flexibility index (Phi) is 6.37. The first-order valence-electron chi connectivity index (χ1n) is 11.3. The van der Waals surface area contributed by atoms with Crippen LogP contribution in [0.4, 0.5) is 5.00 Å². The van der Waals surface area contributed by atoms with E-state index in [1.165, 1.54) is 40.7 Å². The lowest BCUT2D eigenvalue weighted by molar-refractivity contribution is 0.0996. The van der Waals surface area contributed by atoms with Crippen molar-refractivity contribution in [2.75, 3.05) is 38.5 Å². The molecule has 5 nitrogen and oxygen atoms in total. The van der Waals surface area contributed by atoms with Crippen LogP contribution in [0.25, 0.3) is 0 Å². The van der Waals surface area contributed by atoms with E-state index in [2.05, 4.69) is 34.3 Å². The van der Waals surface area contributed by atoms with Crippen molar-refractivity contribution in [3.8, 4) is 0 Å². The predicted molar refractivity (Wildman–Crippen MR) is 130 cm³/mol. The summed E-state index contributed by atoms with van der Waals surface area (Å²) >= 11 is 8.18. The highest BCUT2D eigenvalue weighted by Gasteiger charge is 2.33. The minimum absolute atomic E-state index is 0.0624. The SMILES string of the molecule is CN1CCN(C(c2cccc(Cl)c2)c2c(NC(=O)c3ccco3)sc3c2CCCC3)CC1. The molecule has 1 aromatic carbocycles. The van der Waals surface area contributed by atoms with E-state index in [9.17, 15) is 4.79 Å². The second-order valence-electron chi connectivity index (χ2n) is 8.68. The normalized spacial score (nSPS) is 18.3. The van der Waals surface area contributed by atoms with Crippen LogP contribution >= 0.6 is 22.9 Å². The van der Waals surface area contributed by atoms with Gasteiger partial charge in [-0.3, -0.25) is 9.69 Å². The maximum absolute atomic E-state index is 12.9. The first kappa shape index (κ1) is 21.7. The van der Waals surface area contributed by atoms with Crippen molar-refractivity contribution in [3.63, 3.8) is 0 Å². The molecule has 1 unspecified atom stereocenters. The fourth-order valence-electron chi connectivity index (χ4n) is 4.86. The molecular weight excluding hydrogens is 442 g/mol. The van der Waals surface area contributed by atoms with Gasteiger partial charge in [-0.1, -0.05) is 23.7 Å². The van der Waals surface area contributed by atoms with E-state index in [4.69, 9.17) is 16.0 Å². The van der Waals surface area contributed by atoms with Gasteiger partial charge >= 0.3 is 0 Å². The van der Waals surface area contributed by atoms with E-state index < -0.39 is 0 Å². The fourth-order valence-corrected chi connectivity index (χ4v) is 6.38. The zero-order chi connectivity index (χ0) is 22.1. The topological polar surface area (TPSA) is 48.7 Å². The zero-order valence-corrected chi connectivity index (χ0v) is 19.8. The molecule has 3 aromatic rings. The van der Waals surface area contributed by atoms with Crippen molar-refractivity contribution in [3.05, 3.63) is 75.0 Å². The first-order valence-corrected chi connectivity index (χ1v) is 12.5. The Morgan fingerprint density at radius 2 is 1.94 bits per heavy atom. The summed E-state index contributed by atoms with van der Waals surface area (Å²) in [5, 5.41) is 4.89. The molecule has 1 amide bonds. The van der Waals surface area contributed by atoms with Gasteiger partial charge in [-0.25, -0.2) is 0 Å². The van der Waals surface area contributed by atoms with E-state index in [1.54, 1.807) is 23.5 Å². The van der Waals surface area contributed by atoms with E-state index in [-0.39, 0.29) is 11.9 Å². The molecule has 0 saturated carbocycles. The molecule has 7 heteroatoms. The molecule has 1 aliphatic carbocycles. The van der Waals surface area contributed by atoms with Crippen molar-refractivity contribution in [1.29, 1.82) is 0 Å². The Bertz CT molecular complexity index is 1090. The number of amides is 1. The molecule has 5 rings (SSSR count). The van der Waals surface area contributed by atoms with Gasteiger partial charge in [0.2, 0.25) is 0 Å². The smallest absolute Gasteiger partial charge is 0.291 e. The summed E-state index contributed by atoms with van der Waals surface area (Å²) in [5.74, 6) is 0.138. The number of piperazine rings is 1. The summed E-state index contributed by atoms with van der Waals surface area (Å²) in [6.45, 7) is 4.00. The summed E-state index contributed by atoms with van der Waals surface area (Å²) in [4.78, 5) is 19.3. The van der Waals surface area contributed by atoms with Crippen molar-refractivity contribution in [2.45, 2.75) is 31.7 Å². The standard InChI is InChI=1S/C25H28ClN3O2S/c1-28-11-13-29(14-12-28)23(17-6-4-7-18(26)16-17)22-19-8-2-3-10-21(19)32-25(22)27-24(30)20-9-5-15-31-20/h4-7,9,15-16,23H,2-3,8,10-14H2,1H3,(H,27,30). The maximum atomic E-state index is 12.9. The van der Waals surface area contributed by atoms with E-state index in [1.807, 2.05) is 12.1 Å².